The topological polar surface area (TPSA) is 32.3 Å². The predicted octanol–water partition coefficient (Wildman–Crippen LogP) is 2.35. The van der Waals surface area contributed by atoms with Gasteiger partial charge in [-0.1, -0.05) is 13.0 Å². The summed E-state index contributed by atoms with van der Waals surface area (Å²) in [5.41, 5.74) is 0. The molecule has 0 bridgehead atoms. The summed E-state index contributed by atoms with van der Waals surface area (Å²) >= 11 is 1.54. The molecule has 3 nitrogen and oxygen atoms in total. The van der Waals surface area contributed by atoms with Crippen LogP contribution < -0.4 is 5.32 Å². The fraction of sp³-hybridized carbons (Fsp3) is 0.615. The molecule has 0 radical (unpaired) electrons. The summed E-state index contributed by atoms with van der Waals surface area (Å²) in [5, 5.41) is 5.35. The zero-order valence-corrected chi connectivity index (χ0v) is 11.1. The standard InChI is InChI=1S/C13H20N2OS/c1-2-8-15(11-5-3-7-14-10-11)13(16)12-6-4-9-17-12/h4,6,9,11,14H,2-3,5,7-8,10H2,1H3. The van der Waals surface area contributed by atoms with Gasteiger partial charge in [0.15, 0.2) is 0 Å². The number of piperidine rings is 1. The molecular formula is C13H20N2OS. The van der Waals surface area contributed by atoms with Crippen molar-refractivity contribution in [2.45, 2.75) is 32.2 Å². The Hall–Kier alpha value is -0.870. The number of nitrogens with one attached hydrogen (secondary N) is 1. The monoisotopic (exact) mass is 252 g/mol. The number of carbonyl (C=O) groups is 1. The Labute approximate surface area is 107 Å². The van der Waals surface area contributed by atoms with Crippen LogP contribution in [0.4, 0.5) is 0 Å². The molecule has 0 saturated carbocycles. The van der Waals surface area contributed by atoms with Gasteiger partial charge in [0, 0.05) is 19.1 Å². The smallest absolute Gasteiger partial charge is 0.264 e. The lowest BCUT2D eigenvalue weighted by Crippen LogP contribution is -2.48. The van der Waals surface area contributed by atoms with E-state index in [9.17, 15) is 4.79 Å². The average molecular weight is 252 g/mol. The van der Waals surface area contributed by atoms with E-state index < -0.39 is 0 Å². The zero-order valence-electron chi connectivity index (χ0n) is 10.3. The summed E-state index contributed by atoms with van der Waals surface area (Å²) in [4.78, 5) is 15.3. The number of thiophene rings is 1. The third-order valence-corrected chi connectivity index (χ3v) is 4.03. The minimum atomic E-state index is 0.204. The van der Waals surface area contributed by atoms with Crippen molar-refractivity contribution in [3.05, 3.63) is 22.4 Å². The number of hydrogen-bond donors (Lipinski definition) is 1. The molecule has 1 fully saturated rings. The first kappa shape index (κ1) is 12.6. The van der Waals surface area contributed by atoms with E-state index in [1.165, 1.54) is 17.8 Å². The van der Waals surface area contributed by atoms with Crippen molar-refractivity contribution in [3.63, 3.8) is 0 Å². The molecule has 1 aromatic rings. The Balaban J connectivity index is 2.07. The normalized spacial score (nSPS) is 20.2. The van der Waals surface area contributed by atoms with Gasteiger partial charge in [-0.05, 0) is 37.3 Å². The van der Waals surface area contributed by atoms with Crippen LogP contribution in [0.2, 0.25) is 0 Å². The number of nitrogens with zero attached hydrogens (tertiary/aromatic N) is 1. The van der Waals surface area contributed by atoms with Crippen molar-refractivity contribution in [2.24, 2.45) is 0 Å². The van der Waals surface area contributed by atoms with E-state index in [0.717, 1.165) is 37.4 Å². The average Bonchev–Trinajstić information content (AvgIpc) is 2.90. The summed E-state index contributed by atoms with van der Waals surface area (Å²) in [6.45, 7) is 5.02. The van der Waals surface area contributed by atoms with Gasteiger partial charge in [-0.25, -0.2) is 0 Å². The van der Waals surface area contributed by atoms with E-state index in [1.807, 2.05) is 17.5 Å². The third kappa shape index (κ3) is 3.07. The Morgan fingerprint density at radius 3 is 3.12 bits per heavy atom. The maximum atomic E-state index is 12.4. The molecule has 17 heavy (non-hydrogen) atoms. The number of rotatable bonds is 4. The molecule has 0 aliphatic carbocycles. The van der Waals surface area contributed by atoms with Gasteiger partial charge < -0.3 is 10.2 Å². The van der Waals surface area contributed by atoms with Gasteiger partial charge in [0.05, 0.1) is 4.88 Å². The van der Waals surface area contributed by atoms with Crippen molar-refractivity contribution in [1.29, 1.82) is 0 Å². The summed E-state index contributed by atoms with van der Waals surface area (Å²) in [6.07, 6.45) is 3.32. The molecule has 2 heterocycles. The van der Waals surface area contributed by atoms with Crippen molar-refractivity contribution in [2.75, 3.05) is 19.6 Å². The molecule has 1 aromatic heterocycles. The van der Waals surface area contributed by atoms with Crippen molar-refractivity contribution < 1.29 is 4.79 Å². The molecular weight excluding hydrogens is 232 g/mol. The lowest BCUT2D eigenvalue weighted by Gasteiger charge is -2.34. The quantitative estimate of drug-likeness (QED) is 0.892. The van der Waals surface area contributed by atoms with Gasteiger partial charge in [0.1, 0.15) is 0 Å². The van der Waals surface area contributed by atoms with Crippen LogP contribution in [0.1, 0.15) is 35.9 Å². The first-order chi connectivity index (χ1) is 8.33. The summed E-state index contributed by atoms with van der Waals surface area (Å²) in [6, 6.07) is 4.24. The van der Waals surface area contributed by atoms with Crippen LogP contribution in [-0.2, 0) is 0 Å². The Morgan fingerprint density at radius 2 is 2.53 bits per heavy atom. The van der Waals surface area contributed by atoms with E-state index in [-0.39, 0.29) is 5.91 Å². The van der Waals surface area contributed by atoms with Crippen molar-refractivity contribution >= 4 is 17.2 Å². The van der Waals surface area contributed by atoms with Gasteiger partial charge in [0.2, 0.25) is 0 Å². The molecule has 1 aliphatic rings. The second kappa shape index (κ2) is 6.17. The van der Waals surface area contributed by atoms with E-state index in [1.54, 1.807) is 0 Å². The minimum absolute atomic E-state index is 0.204. The summed E-state index contributed by atoms with van der Waals surface area (Å²) in [7, 11) is 0. The Morgan fingerprint density at radius 1 is 1.65 bits per heavy atom. The highest BCUT2D eigenvalue weighted by atomic mass is 32.1. The predicted molar refractivity (Wildman–Crippen MR) is 71.5 cm³/mol. The third-order valence-electron chi connectivity index (χ3n) is 3.17. The highest BCUT2D eigenvalue weighted by Gasteiger charge is 2.25. The lowest BCUT2D eigenvalue weighted by molar-refractivity contribution is 0.0654. The Bertz CT molecular complexity index is 344. The molecule has 94 valence electrons. The summed E-state index contributed by atoms with van der Waals surface area (Å²) < 4.78 is 0. The Kier molecular flexibility index (Phi) is 4.57. The van der Waals surface area contributed by atoms with Crippen LogP contribution >= 0.6 is 11.3 Å². The molecule has 1 aliphatic heterocycles. The molecule has 1 amide bonds. The van der Waals surface area contributed by atoms with Gasteiger partial charge >= 0.3 is 0 Å². The first-order valence-corrected chi connectivity index (χ1v) is 7.26. The van der Waals surface area contributed by atoms with Crippen LogP contribution in [0.5, 0.6) is 0 Å². The second-order valence-electron chi connectivity index (χ2n) is 4.48. The SMILES string of the molecule is CCCN(C(=O)c1cccs1)C1CCCNC1. The molecule has 0 spiro atoms. The second-order valence-corrected chi connectivity index (χ2v) is 5.42. The van der Waals surface area contributed by atoms with Crippen molar-refractivity contribution in [3.8, 4) is 0 Å². The maximum Gasteiger partial charge on any atom is 0.264 e. The van der Waals surface area contributed by atoms with Gasteiger partial charge in [-0.15, -0.1) is 11.3 Å². The van der Waals surface area contributed by atoms with Gasteiger partial charge in [-0.2, -0.15) is 0 Å². The van der Waals surface area contributed by atoms with E-state index in [4.69, 9.17) is 0 Å². The van der Waals surface area contributed by atoms with E-state index >= 15 is 0 Å². The van der Waals surface area contributed by atoms with Crippen LogP contribution in [0.3, 0.4) is 0 Å². The maximum absolute atomic E-state index is 12.4. The molecule has 1 saturated heterocycles. The van der Waals surface area contributed by atoms with Crippen LogP contribution in [0, 0.1) is 0 Å². The molecule has 1 atom stereocenters. The van der Waals surface area contributed by atoms with Crippen LogP contribution in [-0.4, -0.2) is 36.5 Å². The van der Waals surface area contributed by atoms with Gasteiger partial charge in [0.25, 0.3) is 5.91 Å². The zero-order chi connectivity index (χ0) is 12.1. The number of hydrogen-bond acceptors (Lipinski definition) is 3. The molecule has 0 aromatic carbocycles. The highest BCUT2D eigenvalue weighted by molar-refractivity contribution is 7.12. The first-order valence-electron chi connectivity index (χ1n) is 6.38. The minimum Gasteiger partial charge on any atom is -0.334 e. The molecule has 4 heteroatoms. The molecule has 1 unspecified atom stereocenters. The van der Waals surface area contributed by atoms with Gasteiger partial charge in [-0.3, -0.25) is 4.79 Å². The molecule has 1 N–H and O–H groups in total. The van der Waals surface area contributed by atoms with E-state index in [2.05, 4.69) is 17.1 Å². The van der Waals surface area contributed by atoms with Crippen molar-refractivity contribution in [1.82, 2.24) is 10.2 Å². The van der Waals surface area contributed by atoms with Crippen LogP contribution in [0.25, 0.3) is 0 Å². The fourth-order valence-electron chi connectivity index (χ4n) is 2.33. The van der Waals surface area contributed by atoms with E-state index in [0.29, 0.717) is 6.04 Å². The fourth-order valence-corrected chi connectivity index (χ4v) is 3.01. The molecule has 2 rings (SSSR count). The highest BCUT2D eigenvalue weighted by Crippen LogP contribution is 2.17. The lowest BCUT2D eigenvalue weighted by atomic mass is 10.1. The largest absolute Gasteiger partial charge is 0.334 e. The number of carbonyl (C=O) groups excluding carboxylic acids is 1. The number of amides is 1. The summed E-state index contributed by atoms with van der Waals surface area (Å²) in [5.74, 6) is 0.204. The van der Waals surface area contributed by atoms with Crippen LogP contribution in [0.15, 0.2) is 17.5 Å².